The molecule has 0 bridgehead atoms. The molecular weight excluding hydrogens is 398 g/mol. The number of ether oxygens (including phenoxy) is 1. The van der Waals surface area contributed by atoms with Gasteiger partial charge in [0, 0.05) is 23.1 Å². The largest absolute Gasteiger partial charge is 0.493 e. The van der Waals surface area contributed by atoms with Gasteiger partial charge in [-0.05, 0) is 29.8 Å². The minimum absolute atomic E-state index is 0.119. The molecule has 0 aliphatic rings. The molecule has 4 aromatic rings. The van der Waals surface area contributed by atoms with E-state index >= 15 is 0 Å². The van der Waals surface area contributed by atoms with E-state index in [0.717, 1.165) is 34.7 Å². The van der Waals surface area contributed by atoms with Crippen LogP contribution in [0.25, 0.3) is 11.3 Å². The molecule has 30 heavy (non-hydrogen) atoms. The number of hydrogen-bond acceptors (Lipinski definition) is 6. The van der Waals surface area contributed by atoms with Crippen LogP contribution in [0.15, 0.2) is 66.4 Å². The van der Waals surface area contributed by atoms with Crippen molar-refractivity contribution in [3.63, 3.8) is 0 Å². The van der Waals surface area contributed by atoms with E-state index in [2.05, 4.69) is 20.3 Å². The monoisotopic (exact) mass is 419 g/mol. The molecule has 8 heteroatoms. The van der Waals surface area contributed by atoms with Crippen molar-refractivity contribution in [3.05, 3.63) is 77.7 Å². The van der Waals surface area contributed by atoms with Crippen LogP contribution in [-0.4, -0.2) is 27.5 Å². The summed E-state index contributed by atoms with van der Waals surface area (Å²) in [4.78, 5) is 23.4. The maximum atomic E-state index is 12.1. The Morgan fingerprint density at radius 2 is 2.00 bits per heavy atom. The zero-order chi connectivity index (χ0) is 20.8. The summed E-state index contributed by atoms with van der Waals surface area (Å²) < 4.78 is 5.99. The minimum Gasteiger partial charge on any atom is -0.493 e. The van der Waals surface area contributed by atoms with E-state index in [9.17, 15) is 4.79 Å². The Morgan fingerprint density at radius 3 is 2.73 bits per heavy atom. The van der Waals surface area contributed by atoms with Crippen molar-refractivity contribution in [2.45, 2.75) is 12.8 Å². The fourth-order valence-corrected chi connectivity index (χ4v) is 3.59. The van der Waals surface area contributed by atoms with E-state index in [1.807, 2.05) is 48.5 Å². The third-order valence-corrected chi connectivity index (χ3v) is 5.20. The van der Waals surface area contributed by atoms with Crippen molar-refractivity contribution < 1.29 is 9.53 Å². The summed E-state index contributed by atoms with van der Waals surface area (Å²) in [5.41, 5.74) is 10.1. The van der Waals surface area contributed by atoms with Gasteiger partial charge in [-0.25, -0.2) is 9.97 Å². The Morgan fingerprint density at radius 1 is 1.17 bits per heavy atom. The first-order valence-corrected chi connectivity index (χ1v) is 10.3. The summed E-state index contributed by atoms with van der Waals surface area (Å²) in [7, 11) is 0. The molecule has 7 nitrogen and oxygen atoms in total. The van der Waals surface area contributed by atoms with Gasteiger partial charge < -0.3 is 20.8 Å². The first-order chi connectivity index (χ1) is 14.7. The maximum absolute atomic E-state index is 12.1. The summed E-state index contributed by atoms with van der Waals surface area (Å²) in [6, 6.07) is 15.6. The number of benzene rings is 2. The highest BCUT2D eigenvalue weighted by molar-refractivity contribution is 7.13. The lowest BCUT2D eigenvalue weighted by atomic mass is 10.1. The zero-order valence-electron chi connectivity index (χ0n) is 16.2. The van der Waals surface area contributed by atoms with E-state index in [-0.39, 0.29) is 12.3 Å². The second kappa shape index (κ2) is 9.23. The Balaban J connectivity index is 1.29. The van der Waals surface area contributed by atoms with Gasteiger partial charge in [0.1, 0.15) is 5.75 Å². The number of nitrogens with two attached hydrogens (primary N) is 1. The standard InChI is InChI=1S/C22H21N5O2S/c23-22-27-17(13-30-22)11-21(28)26-16-7-5-15(6-8-16)9-10-29-20-4-2-1-3-18(20)19-12-24-14-25-19/h1-8,12-14H,9-11H2,(H2,23,27)(H,24,25)(H,26,28). The number of anilines is 2. The molecule has 0 aliphatic heterocycles. The smallest absolute Gasteiger partial charge is 0.230 e. The molecule has 2 aromatic carbocycles. The number of hydrogen-bond donors (Lipinski definition) is 3. The summed E-state index contributed by atoms with van der Waals surface area (Å²) in [6.07, 6.45) is 4.39. The highest BCUT2D eigenvalue weighted by atomic mass is 32.1. The molecule has 0 spiro atoms. The van der Waals surface area contributed by atoms with Gasteiger partial charge in [-0.15, -0.1) is 11.3 Å². The van der Waals surface area contributed by atoms with Crippen LogP contribution in [0.3, 0.4) is 0 Å². The highest BCUT2D eigenvalue weighted by Gasteiger charge is 2.08. The minimum atomic E-state index is -0.119. The summed E-state index contributed by atoms with van der Waals surface area (Å²) >= 11 is 1.33. The molecule has 0 saturated heterocycles. The van der Waals surface area contributed by atoms with E-state index in [0.29, 0.717) is 17.4 Å². The van der Waals surface area contributed by atoms with Crippen molar-refractivity contribution in [1.29, 1.82) is 0 Å². The molecule has 4 rings (SSSR count). The molecule has 0 atom stereocenters. The predicted octanol–water partition coefficient (Wildman–Crippen LogP) is 3.92. The topological polar surface area (TPSA) is 106 Å². The predicted molar refractivity (Wildman–Crippen MR) is 119 cm³/mol. The summed E-state index contributed by atoms with van der Waals surface area (Å²) in [5, 5.41) is 5.14. The van der Waals surface area contributed by atoms with Crippen LogP contribution in [0.2, 0.25) is 0 Å². The van der Waals surface area contributed by atoms with Gasteiger partial charge in [0.05, 0.1) is 36.9 Å². The highest BCUT2D eigenvalue weighted by Crippen LogP contribution is 2.28. The fraction of sp³-hybridized carbons (Fsp3) is 0.136. The number of aromatic amines is 1. The molecule has 1 amide bonds. The number of amides is 1. The van der Waals surface area contributed by atoms with Crippen LogP contribution in [0.5, 0.6) is 5.75 Å². The van der Waals surface area contributed by atoms with Gasteiger partial charge in [-0.1, -0.05) is 24.3 Å². The first kappa shape index (κ1) is 19.7. The second-order valence-electron chi connectivity index (χ2n) is 6.66. The van der Waals surface area contributed by atoms with Gasteiger partial charge in [0.15, 0.2) is 5.13 Å². The summed E-state index contributed by atoms with van der Waals surface area (Å²) in [5.74, 6) is 0.695. The number of thiazole rings is 1. The lowest BCUT2D eigenvalue weighted by Crippen LogP contribution is -2.14. The van der Waals surface area contributed by atoms with Crippen LogP contribution >= 0.6 is 11.3 Å². The normalized spacial score (nSPS) is 10.7. The lowest BCUT2D eigenvalue weighted by Gasteiger charge is -2.11. The molecule has 152 valence electrons. The molecule has 2 aromatic heterocycles. The molecular formula is C22H21N5O2S. The van der Waals surface area contributed by atoms with Crippen LogP contribution < -0.4 is 15.8 Å². The Hall–Kier alpha value is -3.65. The summed E-state index contributed by atoms with van der Waals surface area (Å²) in [6.45, 7) is 0.544. The number of para-hydroxylation sites is 1. The third-order valence-electron chi connectivity index (χ3n) is 4.47. The number of carbonyl (C=O) groups excluding carboxylic acids is 1. The number of aromatic nitrogens is 3. The van der Waals surface area contributed by atoms with Crippen LogP contribution in [-0.2, 0) is 17.6 Å². The number of nitrogens with one attached hydrogen (secondary N) is 2. The van der Waals surface area contributed by atoms with Gasteiger partial charge in [0.2, 0.25) is 5.91 Å². The van der Waals surface area contributed by atoms with Gasteiger partial charge >= 0.3 is 0 Å². The fourth-order valence-electron chi connectivity index (χ4n) is 3.03. The number of carbonyl (C=O) groups is 1. The molecule has 0 saturated carbocycles. The Bertz CT molecular complexity index is 1110. The third kappa shape index (κ3) is 5.03. The maximum Gasteiger partial charge on any atom is 0.230 e. The SMILES string of the molecule is Nc1nc(CC(=O)Nc2ccc(CCOc3ccccc3-c3cnc[nH]3)cc2)cs1. The van der Waals surface area contributed by atoms with Gasteiger partial charge in [-0.2, -0.15) is 0 Å². The molecule has 0 radical (unpaired) electrons. The average molecular weight is 420 g/mol. The van der Waals surface area contributed by atoms with E-state index in [4.69, 9.17) is 10.5 Å². The molecule has 0 fully saturated rings. The van der Waals surface area contributed by atoms with Crippen molar-refractivity contribution >= 4 is 28.1 Å². The van der Waals surface area contributed by atoms with Crippen molar-refractivity contribution in [3.8, 4) is 17.0 Å². The van der Waals surface area contributed by atoms with E-state index < -0.39 is 0 Å². The molecule has 4 N–H and O–H groups in total. The molecule has 0 unspecified atom stereocenters. The zero-order valence-corrected chi connectivity index (χ0v) is 17.0. The van der Waals surface area contributed by atoms with Gasteiger partial charge in [0.25, 0.3) is 0 Å². The Kier molecular flexibility index (Phi) is 6.05. The number of nitrogens with zero attached hydrogens (tertiary/aromatic N) is 2. The lowest BCUT2D eigenvalue weighted by molar-refractivity contribution is -0.115. The van der Waals surface area contributed by atoms with Crippen molar-refractivity contribution in [2.75, 3.05) is 17.7 Å². The quantitative estimate of drug-likeness (QED) is 0.401. The van der Waals surface area contributed by atoms with Crippen LogP contribution in [0.1, 0.15) is 11.3 Å². The van der Waals surface area contributed by atoms with Crippen LogP contribution in [0.4, 0.5) is 10.8 Å². The average Bonchev–Trinajstić information content (AvgIpc) is 3.42. The number of rotatable bonds is 8. The van der Waals surface area contributed by atoms with E-state index in [1.165, 1.54) is 11.3 Å². The number of imidazole rings is 1. The second-order valence-corrected chi connectivity index (χ2v) is 7.55. The van der Waals surface area contributed by atoms with Crippen molar-refractivity contribution in [1.82, 2.24) is 15.0 Å². The number of H-pyrrole nitrogens is 1. The first-order valence-electron chi connectivity index (χ1n) is 9.46. The van der Waals surface area contributed by atoms with Crippen LogP contribution in [0, 0.1) is 0 Å². The van der Waals surface area contributed by atoms with Crippen molar-refractivity contribution in [2.24, 2.45) is 0 Å². The number of nitrogen functional groups attached to an aromatic ring is 1. The molecule has 0 aliphatic carbocycles. The Labute approximate surface area is 178 Å². The molecule has 2 heterocycles. The van der Waals surface area contributed by atoms with E-state index in [1.54, 1.807) is 17.9 Å². The van der Waals surface area contributed by atoms with Gasteiger partial charge in [-0.3, -0.25) is 4.79 Å².